The third-order valence-corrected chi connectivity index (χ3v) is 7.84. The second kappa shape index (κ2) is 9.74. The van der Waals surface area contributed by atoms with Crippen LogP contribution in [0, 0.1) is 5.92 Å². The Morgan fingerprint density at radius 1 is 1.19 bits per heavy atom. The van der Waals surface area contributed by atoms with Crippen LogP contribution in [0.25, 0.3) is 28.2 Å². The van der Waals surface area contributed by atoms with Gasteiger partial charge in [0, 0.05) is 43.8 Å². The highest BCUT2D eigenvalue weighted by atomic mass is 16.5. The third-order valence-electron chi connectivity index (χ3n) is 7.84. The number of pyridine rings is 1. The highest BCUT2D eigenvalue weighted by Gasteiger charge is 2.41. The molecule has 3 fully saturated rings. The summed E-state index contributed by atoms with van der Waals surface area (Å²) in [6.07, 6.45) is 8.52. The molecule has 2 saturated carbocycles. The van der Waals surface area contributed by atoms with Crippen molar-refractivity contribution in [3.8, 4) is 11.1 Å². The maximum absolute atomic E-state index is 12.9. The van der Waals surface area contributed by atoms with E-state index in [0.29, 0.717) is 37.1 Å². The van der Waals surface area contributed by atoms with Crippen molar-refractivity contribution in [2.24, 2.45) is 5.92 Å². The molecule has 0 radical (unpaired) electrons. The molecule has 1 saturated heterocycles. The molecule has 0 spiro atoms. The summed E-state index contributed by atoms with van der Waals surface area (Å²) < 4.78 is 5.15. The highest BCUT2D eigenvalue weighted by molar-refractivity contribution is 5.94. The normalized spacial score (nSPS) is 19.9. The largest absolute Gasteiger partial charge is 0.396 e. The standard InChI is InChI=1S/C29H34N6O2/c1-3-20-16-31-28-21(5-4-6-24(28)32-20)22-15-23(30)29(33-27(22)19-9-10-19)34-12-13-35(26(36)11-14-37-2)25(17-34)18-7-8-18/h3-6,15-16,18-19,25H,1,7-14,17,30H2,2H3/t25-/m0/s1. The van der Waals surface area contributed by atoms with Gasteiger partial charge in [-0.3, -0.25) is 9.78 Å². The van der Waals surface area contributed by atoms with Gasteiger partial charge in [-0.2, -0.15) is 0 Å². The van der Waals surface area contributed by atoms with Crippen LogP contribution in [0.5, 0.6) is 0 Å². The number of ether oxygens (including phenoxy) is 1. The molecule has 8 nitrogen and oxygen atoms in total. The Hall–Kier alpha value is -3.52. The minimum atomic E-state index is 0.185. The molecule has 6 rings (SSSR count). The predicted molar refractivity (Wildman–Crippen MR) is 146 cm³/mol. The maximum atomic E-state index is 12.9. The number of rotatable bonds is 8. The SMILES string of the molecule is C=Cc1cnc2c(-c3cc(N)c(N4CCN(C(=O)CCOC)[C@H](C5CC5)C4)nc3C3CC3)cccc2n1. The Kier molecular flexibility index (Phi) is 6.28. The Balaban J connectivity index is 1.34. The van der Waals surface area contributed by atoms with Crippen molar-refractivity contribution in [3.63, 3.8) is 0 Å². The molecule has 37 heavy (non-hydrogen) atoms. The van der Waals surface area contributed by atoms with Crippen molar-refractivity contribution >= 4 is 34.5 Å². The monoisotopic (exact) mass is 498 g/mol. The van der Waals surface area contributed by atoms with Crippen molar-refractivity contribution in [2.75, 3.05) is 44.0 Å². The first kappa shape index (κ1) is 23.9. The number of carbonyl (C=O) groups excluding carboxylic acids is 1. The smallest absolute Gasteiger partial charge is 0.225 e. The van der Waals surface area contributed by atoms with Gasteiger partial charge in [0.15, 0.2) is 5.82 Å². The first-order chi connectivity index (χ1) is 18.1. The molecule has 2 aliphatic carbocycles. The van der Waals surface area contributed by atoms with Crippen LogP contribution in [0.15, 0.2) is 37.0 Å². The van der Waals surface area contributed by atoms with Crippen LogP contribution in [0.4, 0.5) is 11.5 Å². The lowest BCUT2D eigenvalue weighted by molar-refractivity contribution is -0.135. The number of nitrogen functional groups attached to an aromatic ring is 1. The molecule has 2 N–H and O–H groups in total. The highest BCUT2D eigenvalue weighted by Crippen LogP contribution is 2.47. The number of anilines is 2. The van der Waals surface area contributed by atoms with Gasteiger partial charge in [-0.15, -0.1) is 0 Å². The molecule has 1 aliphatic heterocycles. The van der Waals surface area contributed by atoms with Crippen LogP contribution in [0.1, 0.15) is 49.4 Å². The molecule has 2 aromatic heterocycles. The molecule has 1 amide bonds. The van der Waals surface area contributed by atoms with Gasteiger partial charge >= 0.3 is 0 Å². The summed E-state index contributed by atoms with van der Waals surface area (Å²) in [4.78, 5) is 31.9. The van der Waals surface area contributed by atoms with E-state index in [9.17, 15) is 4.79 Å². The second-order valence-corrected chi connectivity index (χ2v) is 10.5. The van der Waals surface area contributed by atoms with E-state index in [1.807, 2.05) is 12.1 Å². The fourth-order valence-electron chi connectivity index (χ4n) is 5.57. The number of piperazine rings is 1. The van der Waals surface area contributed by atoms with E-state index >= 15 is 0 Å². The van der Waals surface area contributed by atoms with Crippen molar-refractivity contribution in [1.29, 1.82) is 0 Å². The van der Waals surface area contributed by atoms with Crippen LogP contribution >= 0.6 is 0 Å². The average Bonchev–Trinajstić information content (AvgIpc) is 3.84. The van der Waals surface area contributed by atoms with Crippen molar-refractivity contribution in [2.45, 2.75) is 44.1 Å². The van der Waals surface area contributed by atoms with Gasteiger partial charge in [0.2, 0.25) is 5.91 Å². The number of hydrogen-bond acceptors (Lipinski definition) is 7. The first-order valence-corrected chi connectivity index (χ1v) is 13.3. The van der Waals surface area contributed by atoms with Crippen molar-refractivity contribution in [1.82, 2.24) is 19.9 Å². The van der Waals surface area contributed by atoms with Gasteiger partial charge in [0.25, 0.3) is 0 Å². The lowest BCUT2D eigenvalue weighted by Gasteiger charge is -2.43. The molecule has 0 unspecified atom stereocenters. The van der Waals surface area contributed by atoms with E-state index in [0.717, 1.165) is 65.3 Å². The number of nitrogens with zero attached hydrogens (tertiary/aromatic N) is 5. The van der Waals surface area contributed by atoms with Crippen molar-refractivity contribution < 1.29 is 9.53 Å². The van der Waals surface area contributed by atoms with E-state index in [1.54, 1.807) is 19.4 Å². The van der Waals surface area contributed by atoms with Gasteiger partial charge < -0.3 is 20.3 Å². The number of fused-ring (bicyclic) bond motifs is 1. The summed E-state index contributed by atoms with van der Waals surface area (Å²) in [5.41, 5.74) is 13.0. The van der Waals surface area contributed by atoms with Gasteiger partial charge in [0.05, 0.1) is 53.4 Å². The van der Waals surface area contributed by atoms with Crippen LogP contribution in [-0.4, -0.2) is 65.2 Å². The average molecular weight is 499 g/mol. The lowest BCUT2D eigenvalue weighted by Crippen LogP contribution is -2.56. The fourth-order valence-corrected chi connectivity index (χ4v) is 5.57. The molecule has 1 atom stereocenters. The molecule has 3 aliphatic rings. The minimum absolute atomic E-state index is 0.185. The summed E-state index contributed by atoms with van der Waals surface area (Å²) in [5.74, 6) is 2.03. The maximum Gasteiger partial charge on any atom is 0.225 e. The molecule has 1 aromatic carbocycles. The predicted octanol–water partition coefficient (Wildman–Crippen LogP) is 4.26. The van der Waals surface area contributed by atoms with E-state index in [2.05, 4.69) is 33.5 Å². The van der Waals surface area contributed by atoms with E-state index in [-0.39, 0.29) is 11.9 Å². The van der Waals surface area contributed by atoms with Crippen LogP contribution in [0.3, 0.4) is 0 Å². The number of para-hydroxylation sites is 1. The molecule has 192 valence electrons. The lowest BCUT2D eigenvalue weighted by atomic mass is 9.98. The van der Waals surface area contributed by atoms with Gasteiger partial charge in [0.1, 0.15) is 0 Å². The van der Waals surface area contributed by atoms with Crippen LogP contribution in [-0.2, 0) is 9.53 Å². The first-order valence-electron chi connectivity index (χ1n) is 13.3. The molecule has 8 heteroatoms. The summed E-state index contributed by atoms with van der Waals surface area (Å²) in [6.45, 7) is 6.47. The molecule has 0 bridgehead atoms. The van der Waals surface area contributed by atoms with E-state index in [1.165, 1.54) is 12.8 Å². The zero-order valence-electron chi connectivity index (χ0n) is 21.4. The Morgan fingerprint density at radius 2 is 2.03 bits per heavy atom. The third kappa shape index (κ3) is 4.66. The Bertz CT molecular complexity index is 1350. The topological polar surface area (TPSA) is 97.5 Å². The van der Waals surface area contributed by atoms with Gasteiger partial charge in [-0.1, -0.05) is 18.7 Å². The quantitative estimate of drug-likeness (QED) is 0.496. The molecular weight excluding hydrogens is 464 g/mol. The zero-order chi connectivity index (χ0) is 25.5. The number of aromatic nitrogens is 3. The number of benzene rings is 1. The summed E-state index contributed by atoms with van der Waals surface area (Å²) in [7, 11) is 1.64. The molecular formula is C29H34N6O2. The number of methoxy groups -OCH3 is 1. The zero-order valence-corrected chi connectivity index (χ0v) is 21.4. The molecule has 3 heterocycles. The van der Waals surface area contributed by atoms with Gasteiger partial charge in [-0.25, -0.2) is 9.97 Å². The second-order valence-electron chi connectivity index (χ2n) is 10.5. The van der Waals surface area contributed by atoms with Crippen molar-refractivity contribution in [3.05, 3.63) is 48.4 Å². The van der Waals surface area contributed by atoms with Crippen LogP contribution < -0.4 is 10.6 Å². The minimum Gasteiger partial charge on any atom is -0.396 e. The van der Waals surface area contributed by atoms with E-state index < -0.39 is 0 Å². The number of amides is 1. The Morgan fingerprint density at radius 3 is 2.76 bits per heavy atom. The number of hydrogen-bond donors (Lipinski definition) is 1. The van der Waals surface area contributed by atoms with E-state index in [4.69, 9.17) is 20.4 Å². The van der Waals surface area contributed by atoms with Crippen LogP contribution in [0.2, 0.25) is 0 Å². The summed E-state index contributed by atoms with van der Waals surface area (Å²) in [6, 6.07) is 8.36. The summed E-state index contributed by atoms with van der Waals surface area (Å²) >= 11 is 0. The van der Waals surface area contributed by atoms with Gasteiger partial charge in [-0.05, 0) is 49.8 Å². The number of nitrogens with two attached hydrogens (primary N) is 1. The Labute approximate surface area is 217 Å². The number of carbonyl (C=O) groups is 1. The fraction of sp³-hybridized carbons (Fsp3) is 0.448. The molecule has 3 aromatic rings. The summed E-state index contributed by atoms with van der Waals surface area (Å²) in [5, 5.41) is 0.